The second-order valence-corrected chi connectivity index (χ2v) is 9.16. The summed E-state index contributed by atoms with van der Waals surface area (Å²) in [4.78, 5) is 22.1. The maximum absolute atomic E-state index is 13.3. The number of para-hydroxylation sites is 1. The normalized spacial score (nSPS) is 23.6. The largest absolute Gasteiger partial charge is 0.443 e. The minimum atomic E-state index is -0.771. The van der Waals surface area contributed by atoms with Crippen LogP contribution in [0.25, 0.3) is 10.9 Å². The first kappa shape index (κ1) is 20.3. The van der Waals surface area contributed by atoms with Gasteiger partial charge < -0.3 is 10.5 Å². The molecular weight excluding hydrogens is 380 g/mol. The Bertz CT molecular complexity index is 1100. The van der Waals surface area contributed by atoms with E-state index in [4.69, 9.17) is 15.6 Å². The number of benzene rings is 1. The molecule has 3 heterocycles. The smallest absolute Gasteiger partial charge is 0.419 e. The zero-order chi connectivity index (χ0) is 21.8. The number of nitrogens with zero attached hydrogens (tertiary/aromatic N) is 5. The van der Waals surface area contributed by atoms with Crippen LogP contribution in [-0.4, -0.2) is 51.4 Å². The highest BCUT2D eigenvalue weighted by molar-refractivity contribution is 6.24. The van der Waals surface area contributed by atoms with E-state index in [1.807, 2.05) is 76.9 Å². The number of fused-ring (bicyclic) bond motifs is 2. The van der Waals surface area contributed by atoms with E-state index < -0.39 is 23.3 Å². The predicted octanol–water partition coefficient (Wildman–Crippen LogP) is 3.58. The summed E-state index contributed by atoms with van der Waals surface area (Å²) in [6.45, 7) is 11.6. The highest BCUT2D eigenvalue weighted by atomic mass is 16.6. The second kappa shape index (κ2) is 6.77. The van der Waals surface area contributed by atoms with Crippen LogP contribution in [0, 0.1) is 5.41 Å². The molecule has 1 aromatic carbocycles. The van der Waals surface area contributed by atoms with E-state index in [0.717, 1.165) is 16.7 Å². The first-order chi connectivity index (χ1) is 14.0. The Morgan fingerprint density at radius 3 is 2.63 bits per heavy atom. The van der Waals surface area contributed by atoms with E-state index in [2.05, 4.69) is 9.98 Å². The number of amidine groups is 1. The molecular formula is C22H28N6O2. The van der Waals surface area contributed by atoms with Crippen molar-refractivity contribution in [3.63, 3.8) is 0 Å². The first-order valence-electron chi connectivity index (χ1n) is 10.1. The quantitative estimate of drug-likeness (QED) is 0.821. The van der Waals surface area contributed by atoms with Crippen molar-refractivity contribution in [3.05, 3.63) is 36.0 Å². The maximum Gasteiger partial charge on any atom is 0.419 e. The van der Waals surface area contributed by atoms with Crippen molar-refractivity contribution in [2.24, 2.45) is 26.2 Å². The Morgan fingerprint density at radius 1 is 1.27 bits per heavy atom. The van der Waals surface area contributed by atoms with E-state index >= 15 is 0 Å². The van der Waals surface area contributed by atoms with Crippen LogP contribution < -0.4 is 5.73 Å². The Morgan fingerprint density at radius 2 is 1.97 bits per heavy atom. The Hall–Kier alpha value is -3.00. The Labute approximate surface area is 176 Å². The average Bonchev–Trinajstić information content (AvgIpc) is 3.17. The monoisotopic (exact) mass is 408 g/mol. The van der Waals surface area contributed by atoms with Crippen molar-refractivity contribution in [3.8, 4) is 0 Å². The van der Waals surface area contributed by atoms with E-state index in [9.17, 15) is 4.79 Å². The molecule has 0 radical (unpaired) electrons. The zero-order valence-electron chi connectivity index (χ0n) is 18.2. The van der Waals surface area contributed by atoms with E-state index in [1.54, 1.807) is 4.57 Å². The number of ether oxygens (including phenoxy) is 1. The number of aromatic nitrogens is 1. The number of hydrazone groups is 1. The highest BCUT2D eigenvalue weighted by Crippen LogP contribution is 2.40. The van der Waals surface area contributed by atoms with Gasteiger partial charge in [0.15, 0.2) is 0 Å². The van der Waals surface area contributed by atoms with Crippen molar-refractivity contribution < 1.29 is 9.53 Å². The van der Waals surface area contributed by atoms with Crippen LogP contribution in [-0.2, 0) is 4.74 Å². The number of rotatable bonds is 2. The molecule has 2 unspecified atom stereocenters. The maximum atomic E-state index is 13.3. The van der Waals surface area contributed by atoms with Crippen LogP contribution in [0.3, 0.4) is 0 Å². The van der Waals surface area contributed by atoms with Crippen LogP contribution in [0.2, 0.25) is 0 Å². The van der Waals surface area contributed by atoms with Gasteiger partial charge in [0.1, 0.15) is 35.1 Å². The van der Waals surface area contributed by atoms with Crippen molar-refractivity contribution in [1.82, 2.24) is 9.58 Å². The molecule has 0 bridgehead atoms. The van der Waals surface area contributed by atoms with Crippen molar-refractivity contribution >= 4 is 34.9 Å². The van der Waals surface area contributed by atoms with Gasteiger partial charge in [0.2, 0.25) is 0 Å². The highest BCUT2D eigenvalue weighted by Gasteiger charge is 2.53. The lowest BCUT2D eigenvalue weighted by Gasteiger charge is -2.34. The molecule has 0 saturated carbocycles. The number of carbonyl (C=O) groups is 1. The topological polar surface area (TPSA) is 97.6 Å². The van der Waals surface area contributed by atoms with E-state index in [-0.39, 0.29) is 6.04 Å². The molecule has 1 aromatic heterocycles. The molecule has 2 aromatic rings. The molecule has 0 spiro atoms. The second-order valence-electron chi connectivity index (χ2n) is 9.16. The fourth-order valence-electron chi connectivity index (χ4n) is 3.89. The SMILES string of the molecule is CC(C)N1N=C(c2cc3ccccc3n2C(=O)OC(C)(C)C)C2(C)C1=NC=NC2N. The molecule has 0 amide bonds. The molecule has 2 aliphatic rings. The average molecular weight is 409 g/mol. The van der Waals surface area contributed by atoms with Crippen molar-refractivity contribution in [2.75, 3.05) is 0 Å². The molecule has 0 aliphatic carbocycles. The van der Waals surface area contributed by atoms with E-state index in [0.29, 0.717) is 11.4 Å². The van der Waals surface area contributed by atoms with Gasteiger partial charge in [-0.25, -0.2) is 19.4 Å². The fourth-order valence-corrected chi connectivity index (χ4v) is 3.89. The van der Waals surface area contributed by atoms with Crippen LogP contribution in [0.1, 0.15) is 47.2 Å². The van der Waals surface area contributed by atoms with Crippen molar-refractivity contribution in [2.45, 2.75) is 59.4 Å². The van der Waals surface area contributed by atoms with Crippen LogP contribution in [0.5, 0.6) is 0 Å². The molecule has 8 nitrogen and oxygen atoms in total. The summed E-state index contributed by atoms with van der Waals surface area (Å²) in [7, 11) is 0. The molecule has 2 atom stereocenters. The number of hydrogen-bond acceptors (Lipinski definition) is 7. The van der Waals surface area contributed by atoms with Gasteiger partial charge >= 0.3 is 6.09 Å². The number of aliphatic imine (C=N–C) groups is 2. The van der Waals surface area contributed by atoms with Gasteiger partial charge in [-0.15, -0.1) is 0 Å². The molecule has 0 saturated heterocycles. The van der Waals surface area contributed by atoms with Gasteiger partial charge in [-0.1, -0.05) is 18.2 Å². The minimum Gasteiger partial charge on any atom is -0.443 e. The van der Waals surface area contributed by atoms with Gasteiger partial charge in [0.25, 0.3) is 0 Å². The minimum absolute atomic E-state index is 0.0682. The van der Waals surface area contributed by atoms with Crippen LogP contribution >= 0.6 is 0 Å². The van der Waals surface area contributed by atoms with Gasteiger partial charge in [-0.2, -0.15) is 5.10 Å². The molecule has 2 N–H and O–H groups in total. The van der Waals surface area contributed by atoms with Gasteiger partial charge in [0, 0.05) is 11.4 Å². The lowest BCUT2D eigenvalue weighted by atomic mass is 9.79. The predicted molar refractivity (Wildman–Crippen MR) is 119 cm³/mol. The summed E-state index contributed by atoms with van der Waals surface area (Å²) in [5.41, 5.74) is 7.09. The third-order valence-corrected chi connectivity index (χ3v) is 5.40. The first-order valence-corrected chi connectivity index (χ1v) is 10.1. The lowest BCUT2D eigenvalue weighted by molar-refractivity contribution is 0.0543. The van der Waals surface area contributed by atoms with Gasteiger partial charge in [-0.05, 0) is 53.7 Å². The summed E-state index contributed by atoms with van der Waals surface area (Å²) >= 11 is 0. The van der Waals surface area contributed by atoms with Crippen LogP contribution in [0.15, 0.2) is 45.4 Å². The fraction of sp³-hybridized carbons (Fsp3) is 0.455. The van der Waals surface area contributed by atoms with E-state index in [1.165, 1.54) is 6.34 Å². The third kappa shape index (κ3) is 3.02. The summed E-state index contributed by atoms with van der Waals surface area (Å²) in [6, 6.07) is 9.72. The molecule has 30 heavy (non-hydrogen) atoms. The number of carbonyl (C=O) groups excluding carboxylic acids is 1. The summed E-state index contributed by atoms with van der Waals surface area (Å²) < 4.78 is 7.31. The molecule has 0 fully saturated rings. The Kier molecular flexibility index (Phi) is 4.58. The number of nitrogens with two attached hydrogens (primary N) is 1. The summed E-state index contributed by atoms with van der Waals surface area (Å²) in [5.74, 6) is 0.732. The third-order valence-electron chi connectivity index (χ3n) is 5.40. The van der Waals surface area contributed by atoms with Gasteiger partial charge in [0.05, 0.1) is 11.2 Å². The molecule has 8 heteroatoms. The van der Waals surface area contributed by atoms with Gasteiger partial charge in [-0.3, -0.25) is 4.99 Å². The summed E-state index contributed by atoms with van der Waals surface area (Å²) in [6.07, 6.45) is 0.455. The van der Waals surface area contributed by atoms with Crippen LogP contribution in [0.4, 0.5) is 4.79 Å². The molecule has 4 rings (SSSR count). The standard InChI is InChI=1S/C22H28N6O2/c1-13(2)28-19-22(6,18(23)24-12-25-19)17(26-28)16-11-14-9-7-8-10-15(14)27(16)20(29)30-21(3,4)5/h7-13,18H,23H2,1-6H3. The Balaban J connectivity index is 1.96. The summed E-state index contributed by atoms with van der Waals surface area (Å²) in [5, 5.41) is 7.66. The molecule has 2 aliphatic heterocycles. The zero-order valence-corrected chi connectivity index (χ0v) is 18.2. The number of hydrogen-bond donors (Lipinski definition) is 1. The van der Waals surface area contributed by atoms with Crippen molar-refractivity contribution in [1.29, 1.82) is 0 Å². The molecule has 158 valence electrons. The lowest BCUT2D eigenvalue weighted by Crippen LogP contribution is -2.53.